The number of nitrogens with zero attached hydrogens (tertiary/aromatic N) is 5. The smallest absolute Gasteiger partial charge is 0.277 e. The van der Waals surface area contributed by atoms with E-state index >= 15 is 0 Å². The first kappa shape index (κ1) is 18.4. The van der Waals surface area contributed by atoms with Crippen LogP contribution in [-0.4, -0.2) is 43.8 Å². The van der Waals surface area contributed by atoms with Crippen LogP contribution in [0.3, 0.4) is 0 Å². The van der Waals surface area contributed by atoms with E-state index in [0.29, 0.717) is 11.1 Å². The number of carbonyl (C=O) groups is 1. The zero-order chi connectivity index (χ0) is 18.6. The molecule has 0 aromatic carbocycles. The molecule has 2 aromatic heterocycles. The van der Waals surface area contributed by atoms with Gasteiger partial charge in [0.15, 0.2) is 0 Å². The minimum Gasteiger partial charge on any atom is -0.411 e. The maximum Gasteiger partial charge on any atom is 0.277 e. The van der Waals surface area contributed by atoms with Crippen LogP contribution in [0, 0.1) is 11.3 Å². The lowest BCUT2D eigenvalue weighted by atomic mass is 9.81. The van der Waals surface area contributed by atoms with Crippen molar-refractivity contribution in [2.24, 2.45) is 0 Å². The molecule has 3 rings (SSSR count). The van der Waals surface area contributed by atoms with Crippen LogP contribution in [-0.2, 0) is 4.79 Å². The molecule has 0 saturated heterocycles. The quantitative estimate of drug-likeness (QED) is 0.744. The second kappa shape index (κ2) is 7.87. The molecule has 2 heterocycles. The summed E-state index contributed by atoms with van der Waals surface area (Å²) in [6, 6.07) is 6.00. The monoisotopic (exact) mass is 371 g/mol. The Balaban J connectivity index is 1.68. The second-order valence-corrected chi connectivity index (χ2v) is 7.77. The van der Waals surface area contributed by atoms with E-state index in [1.807, 2.05) is 6.07 Å². The molecule has 0 radical (unpaired) electrons. The van der Waals surface area contributed by atoms with Crippen molar-refractivity contribution in [3.05, 3.63) is 24.5 Å². The molecule has 7 nitrogen and oxygen atoms in total. The molecule has 1 atom stereocenters. The van der Waals surface area contributed by atoms with Gasteiger partial charge in [0.05, 0.1) is 16.9 Å². The van der Waals surface area contributed by atoms with Gasteiger partial charge in [0.2, 0.25) is 11.8 Å². The van der Waals surface area contributed by atoms with Crippen molar-refractivity contribution in [1.82, 2.24) is 20.1 Å². The molecule has 1 fully saturated rings. The number of carbonyl (C=O) groups excluding carboxylic acids is 1. The fourth-order valence-electron chi connectivity index (χ4n) is 3.21. The standard InChI is InChI=1S/C18H21N5O2S/c1-13(16(24)23(2)18(12-19)8-4-3-5-9-18)26-17-22-21-15(25-17)14-7-6-10-20-11-14/h6-7,10-11,13H,3-5,8-9H2,1-2H3/t13-/m1/s1. The number of pyridine rings is 1. The van der Waals surface area contributed by atoms with E-state index in [2.05, 4.69) is 21.3 Å². The summed E-state index contributed by atoms with van der Waals surface area (Å²) in [5.74, 6) is 0.272. The summed E-state index contributed by atoms with van der Waals surface area (Å²) in [5, 5.41) is 17.6. The third-order valence-electron chi connectivity index (χ3n) is 4.80. The molecule has 0 N–H and O–H groups in total. The van der Waals surface area contributed by atoms with Crippen LogP contribution >= 0.6 is 11.8 Å². The van der Waals surface area contributed by atoms with Crippen LogP contribution in [0.4, 0.5) is 0 Å². The second-order valence-electron chi connectivity index (χ2n) is 6.48. The Morgan fingerprint density at radius 1 is 1.38 bits per heavy atom. The first-order valence-electron chi connectivity index (χ1n) is 8.65. The van der Waals surface area contributed by atoms with Crippen molar-refractivity contribution in [3.63, 3.8) is 0 Å². The predicted octanol–water partition coefficient (Wildman–Crippen LogP) is 3.30. The van der Waals surface area contributed by atoms with Gasteiger partial charge in [0.25, 0.3) is 5.22 Å². The average molecular weight is 371 g/mol. The van der Waals surface area contributed by atoms with Crippen molar-refractivity contribution in [3.8, 4) is 17.5 Å². The van der Waals surface area contributed by atoms with E-state index in [-0.39, 0.29) is 5.91 Å². The highest BCUT2D eigenvalue weighted by Gasteiger charge is 2.40. The third-order valence-corrected chi connectivity index (χ3v) is 5.72. The predicted molar refractivity (Wildman–Crippen MR) is 97.0 cm³/mol. The van der Waals surface area contributed by atoms with Crippen LogP contribution < -0.4 is 0 Å². The van der Waals surface area contributed by atoms with E-state index in [9.17, 15) is 10.1 Å². The Bertz CT molecular complexity index is 795. The highest BCUT2D eigenvalue weighted by Crippen LogP contribution is 2.34. The van der Waals surface area contributed by atoms with Gasteiger partial charge in [0.1, 0.15) is 5.54 Å². The zero-order valence-corrected chi connectivity index (χ0v) is 15.7. The number of aromatic nitrogens is 3. The number of hydrogen-bond acceptors (Lipinski definition) is 7. The summed E-state index contributed by atoms with van der Waals surface area (Å²) in [6.45, 7) is 1.80. The lowest BCUT2D eigenvalue weighted by Crippen LogP contribution is -2.52. The van der Waals surface area contributed by atoms with Gasteiger partial charge in [-0.25, -0.2) is 0 Å². The van der Waals surface area contributed by atoms with Gasteiger partial charge in [-0.05, 0) is 31.9 Å². The molecular weight excluding hydrogens is 350 g/mol. The number of thioether (sulfide) groups is 1. The topological polar surface area (TPSA) is 95.9 Å². The van der Waals surface area contributed by atoms with E-state index in [1.165, 1.54) is 11.8 Å². The third kappa shape index (κ3) is 3.73. The van der Waals surface area contributed by atoms with E-state index < -0.39 is 10.8 Å². The maximum atomic E-state index is 12.8. The number of nitriles is 1. The molecule has 2 aromatic rings. The minimum atomic E-state index is -0.695. The normalized spacial score (nSPS) is 17.3. The van der Waals surface area contributed by atoms with Gasteiger partial charge in [-0.15, -0.1) is 10.2 Å². The van der Waals surface area contributed by atoms with Crippen LogP contribution in [0.2, 0.25) is 0 Å². The van der Waals surface area contributed by atoms with Gasteiger partial charge in [0, 0.05) is 19.4 Å². The Labute approximate surface area is 156 Å². The highest BCUT2D eigenvalue weighted by molar-refractivity contribution is 8.00. The molecule has 26 heavy (non-hydrogen) atoms. The van der Waals surface area contributed by atoms with Gasteiger partial charge >= 0.3 is 0 Å². The van der Waals surface area contributed by atoms with Crippen LogP contribution in [0.1, 0.15) is 39.0 Å². The molecule has 0 bridgehead atoms. The zero-order valence-electron chi connectivity index (χ0n) is 14.9. The molecule has 136 valence electrons. The van der Waals surface area contributed by atoms with Crippen LogP contribution in [0.15, 0.2) is 34.2 Å². The Hall–Kier alpha value is -2.40. The molecule has 8 heteroatoms. The summed E-state index contributed by atoms with van der Waals surface area (Å²) in [5.41, 5.74) is 0.0356. The number of rotatable bonds is 5. The van der Waals surface area contributed by atoms with Gasteiger partial charge < -0.3 is 9.32 Å². The Morgan fingerprint density at radius 3 is 2.81 bits per heavy atom. The van der Waals surface area contributed by atoms with Crippen LogP contribution in [0.25, 0.3) is 11.5 Å². The molecule has 1 amide bonds. The van der Waals surface area contributed by atoms with E-state index in [4.69, 9.17) is 4.42 Å². The van der Waals surface area contributed by atoms with Crippen LogP contribution in [0.5, 0.6) is 0 Å². The summed E-state index contributed by atoms with van der Waals surface area (Å²) in [7, 11) is 1.73. The first-order valence-corrected chi connectivity index (χ1v) is 9.53. The summed E-state index contributed by atoms with van der Waals surface area (Å²) >= 11 is 1.21. The molecule has 0 aliphatic heterocycles. The molecule has 1 aliphatic carbocycles. The Kier molecular flexibility index (Phi) is 5.57. The van der Waals surface area contributed by atoms with Gasteiger partial charge in [-0.3, -0.25) is 9.78 Å². The lowest BCUT2D eigenvalue weighted by Gasteiger charge is -2.39. The van der Waals surface area contributed by atoms with Gasteiger partial charge in [-0.1, -0.05) is 31.0 Å². The fraction of sp³-hybridized carbons (Fsp3) is 0.500. The molecule has 0 spiro atoms. The molecule has 1 saturated carbocycles. The van der Waals surface area contributed by atoms with E-state index in [1.54, 1.807) is 37.3 Å². The summed E-state index contributed by atoms with van der Waals surface area (Å²) in [6.07, 6.45) is 7.85. The summed E-state index contributed by atoms with van der Waals surface area (Å²) < 4.78 is 5.63. The fourth-order valence-corrected chi connectivity index (χ4v) is 3.98. The van der Waals surface area contributed by atoms with Crippen molar-refractivity contribution >= 4 is 17.7 Å². The largest absolute Gasteiger partial charge is 0.411 e. The van der Waals surface area contributed by atoms with Crippen molar-refractivity contribution in [2.45, 2.75) is 55.0 Å². The van der Waals surface area contributed by atoms with E-state index in [0.717, 1.165) is 37.7 Å². The van der Waals surface area contributed by atoms with Gasteiger partial charge in [-0.2, -0.15) is 5.26 Å². The average Bonchev–Trinajstić information content (AvgIpc) is 3.16. The minimum absolute atomic E-state index is 0.0976. The summed E-state index contributed by atoms with van der Waals surface area (Å²) in [4.78, 5) is 18.5. The lowest BCUT2D eigenvalue weighted by molar-refractivity contribution is -0.133. The number of amides is 1. The van der Waals surface area contributed by atoms with Crippen molar-refractivity contribution in [2.75, 3.05) is 7.05 Å². The molecule has 1 aliphatic rings. The highest BCUT2D eigenvalue weighted by atomic mass is 32.2. The molecule has 0 unspecified atom stereocenters. The maximum absolute atomic E-state index is 12.8. The Morgan fingerprint density at radius 2 is 2.15 bits per heavy atom. The van der Waals surface area contributed by atoms with Crippen molar-refractivity contribution < 1.29 is 9.21 Å². The SMILES string of the molecule is C[C@@H](Sc1nnc(-c2cccnc2)o1)C(=O)N(C)C1(C#N)CCCCC1. The molecular formula is C18H21N5O2S. The number of hydrogen-bond donors (Lipinski definition) is 0. The first-order chi connectivity index (χ1) is 12.6. The van der Waals surface area contributed by atoms with Crippen molar-refractivity contribution in [1.29, 1.82) is 5.26 Å².